The first kappa shape index (κ1) is 13.2. The molecule has 17 heavy (non-hydrogen) atoms. The molecule has 1 aromatic rings. The molecule has 0 unspecified atom stereocenters. The van der Waals surface area contributed by atoms with Crippen molar-refractivity contribution in [3.05, 3.63) is 29.3 Å². The van der Waals surface area contributed by atoms with Crippen LogP contribution in [0.15, 0.2) is 18.2 Å². The summed E-state index contributed by atoms with van der Waals surface area (Å²) in [6.45, 7) is 1.81. The second kappa shape index (κ2) is 5.45. The first-order valence-electron chi connectivity index (χ1n) is 5.12. The number of Topliss-reactive ketones (excluding diaryl/α,β-unsaturated/α-hetero) is 1. The molecule has 0 heterocycles. The number of carboxylic acid groups (broad SMARTS) is 1. The van der Waals surface area contributed by atoms with Crippen LogP contribution in [0.2, 0.25) is 0 Å². The van der Waals surface area contributed by atoms with E-state index in [4.69, 9.17) is 15.6 Å². The molecule has 3 N–H and O–H groups in total. The molecule has 0 aliphatic heterocycles. The molecule has 1 atom stereocenters. The summed E-state index contributed by atoms with van der Waals surface area (Å²) in [6.07, 6.45) is -0.207. The van der Waals surface area contributed by atoms with Gasteiger partial charge >= 0.3 is 5.97 Å². The van der Waals surface area contributed by atoms with E-state index in [0.29, 0.717) is 11.3 Å². The SMILES string of the molecule is COc1ccc(C(=O)C[C@@H](N)C(=O)O)cc1C. The van der Waals surface area contributed by atoms with Crippen molar-refractivity contribution in [2.75, 3.05) is 7.11 Å². The molecular weight excluding hydrogens is 222 g/mol. The van der Waals surface area contributed by atoms with Gasteiger partial charge in [-0.3, -0.25) is 9.59 Å². The molecule has 0 bridgehead atoms. The quantitative estimate of drug-likeness (QED) is 0.745. The molecule has 0 aliphatic rings. The smallest absolute Gasteiger partial charge is 0.320 e. The zero-order chi connectivity index (χ0) is 13.0. The topological polar surface area (TPSA) is 89.6 Å². The monoisotopic (exact) mass is 237 g/mol. The van der Waals surface area contributed by atoms with Gasteiger partial charge in [0.2, 0.25) is 0 Å². The lowest BCUT2D eigenvalue weighted by Crippen LogP contribution is -2.32. The molecule has 0 saturated carbocycles. The number of hydrogen-bond donors (Lipinski definition) is 2. The van der Waals surface area contributed by atoms with Crippen LogP contribution >= 0.6 is 0 Å². The minimum atomic E-state index is -1.18. The Bertz CT molecular complexity index is 442. The van der Waals surface area contributed by atoms with E-state index in [0.717, 1.165) is 5.56 Å². The number of aliphatic carboxylic acids is 1. The lowest BCUT2D eigenvalue weighted by atomic mass is 10.0. The van der Waals surface area contributed by atoms with Crippen LogP contribution in [0, 0.1) is 6.92 Å². The Kier molecular flexibility index (Phi) is 4.23. The summed E-state index contributed by atoms with van der Waals surface area (Å²) in [4.78, 5) is 22.3. The van der Waals surface area contributed by atoms with Gasteiger partial charge in [0.05, 0.1) is 7.11 Å². The number of ketones is 1. The highest BCUT2D eigenvalue weighted by Gasteiger charge is 2.17. The molecule has 0 radical (unpaired) electrons. The Morgan fingerprint density at radius 2 is 2.12 bits per heavy atom. The fraction of sp³-hybridized carbons (Fsp3) is 0.333. The van der Waals surface area contributed by atoms with E-state index in [2.05, 4.69) is 0 Å². The van der Waals surface area contributed by atoms with Crippen molar-refractivity contribution in [3.63, 3.8) is 0 Å². The zero-order valence-electron chi connectivity index (χ0n) is 9.77. The highest BCUT2D eigenvalue weighted by Crippen LogP contribution is 2.19. The largest absolute Gasteiger partial charge is 0.496 e. The summed E-state index contributed by atoms with van der Waals surface area (Å²) >= 11 is 0. The first-order chi connectivity index (χ1) is 7.95. The lowest BCUT2D eigenvalue weighted by Gasteiger charge is -2.08. The number of nitrogens with two attached hydrogens (primary N) is 1. The van der Waals surface area contributed by atoms with Crippen molar-refractivity contribution in [2.24, 2.45) is 5.73 Å². The van der Waals surface area contributed by atoms with E-state index in [1.807, 2.05) is 6.92 Å². The predicted molar refractivity (Wildman–Crippen MR) is 62.3 cm³/mol. The molecule has 0 fully saturated rings. The molecule has 1 rings (SSSR count). The Morgan fingerprint density at radius 1 is 1.47 bits per heavy atom. The maximum atomic E-state index is 11.7. The third kappa shape index (κ3) is 3.29. The molecule has 0 amide bonds. The molecule has 5 nitrogen and oxygen atoms in total. The molecule has 0 saturated heterocycles. The summed E-state index contributed by atoms with van der Waals surface area (Å²) < 4.78 is 5.07. The number of benzene rings is 1. The van der Waals surface area contributed by atoms with Gasteiger partial charge in [-0.2, -0.15) is 0 Å². The fourth-order valence-corrected chi connectivity index (χ4v) is 1.46. The molecule has 92 valence electrons. The van der Waals surface area contributed by atoms with Gasteiger partial charge in [0.1, 0.15) is 11.8 Å². The number of methoxy groups -OCH3 is 1. The van der Waals surface area contributed by atoms with Crippen LogP contribution in [-0.4, -0.2) is 30.0 Å². The van der Waals surface area contributed by atoms with E-state index in [-0.39, 0.29) is 12.2 Å². The van der Waals surface area contributed by atoms with Gasteiger partial charge in [0, 0.05) is 12.0 Å². The third-order valence-electron chi connectivity index (χ3n) is 2.44. The average molecular weight is 237 g/mol. The van der Waals surface area contributed by atoms with Gasteiger partial charge in [-0.05, 0) is 30.7 Å². The zero-order valence-corrected chi connectivity index (χ0v) is 9.77. The van der Waals surface area contributed by atoms with Crippen LogP contribution in [-0.2, 0) is 4.79 Å². The maximum absolute atomic E-state index is 11.7. The fourth-order valence-electron chi connectivity index (χ4n) is 1.46. The molecule has 0 aromatic heterocycles. The van der Waals surface area contributed by atoms with E-state index in [9.17, 15) is 9.59 Å². The highest BCUT2D eigenvalue weighted by atomic mass is 16.5. The van der Waals surface area contributed by atoms with Crippen molar-refractivity contribution >= 4 is 11.8 Å². The molecule has 1 aromatic carbocycles. The van der Waals surface area contributed by atoms with Crippen molar-refractivity contribution in [3.8, 4) is 5.75 Å². The minimum absolute atomic E-state index is 0.207. The number of aryl methyl sites for hydroxylation is 1. The number of rotatable bonds is 5. The van der Waals surface area contributed by atoms with Crippen LogP contribution in [0.1, 0.15) is 22.3 Å². The molecule has 0 aliphatic carbocycles. The van der Waals surface area contributed by atoms with Gasteiger partial charge in [-0.15, -0.1) is 0 Å². The van der Waals surface area contributed by atoms with Gasteiger partial charge in [0.15, 0.2) is 5.78 Å². The Morgan fingerprint density at radius 3 is 2.59 bits per heavy atom. The van der Waals surface area contributed by atoms with Crippen LogP contribution in [0.3, 0.4) is 0 Å². The molecular formula is C12H15NO4. The number of carboxylic acids is 1. The number of carbonyl (C=O) groups excluding carboxylic acids is 1. The number of carbonyl (C=O) groups is 2. The Labute approximate surface area is 99.2 Å². The highest BCUT2D eigenvalue weighted by molar-refractivity contribution is 5.98. The Hall–Kier alpha value is -1.88. The summed E-state index contributed by atoms with van der Waals surface area (Å²) in [6, 6.07) is 3.78. The number of hydrogen-bond acceptors (Lipinski definition) is 4. The normalized spacial score (nSPS) is 11.9. The lowest BCUT2D eigenvalue weighted by molar-refractivity contribution is -0.138. The van der Waals surface area contributed by atoms with E-state index >= 15 is 0 Å². The van der Waals surface area contributed by atoms with Crippen molar-refractivity contribution in [2.45, 2.75) is 19.4 Å². The van der Waals surface area contributed by atoms with E-state index in [1.165, 1.54) is 0 Å². The minimum Gasteiger partial charge on any atom is -0.496 e. The first-order valence-corrected chi connectivity index (χ1v) is 5.12. The summed E-state index contributed by atoms with van der Waals surface area (Å²) in [7, 11) is 1.55. The van der Waals surface area contributed by atoms with E-state index in [1.54, 1.807) is 25.3 Å². The third-order valence-corrected chi connectivity index (χ3v) is 2.44. The summed E-state index contributed by atoms with van der Waals surface area (Å²) in [5.74, 6) is -0.779. The van der Waals surface area contributed by atoms with E-state index < -0.39 is 12.0 Å². The predicted octanol–water partition coefficient (Wildman–Crippen LogP) is 0.988. The van der Waals surface area contributed by atoms with Gasteiger partial charge in [0.25, 0.3) is 0 Å². The molecule has 5 heteroatoms. The van der Waals surface area contributed by atoms with Gasteiger partial charge in [-0.25, -0.2) is 0 Å². The van der Waals surface area contributed by atoms with Gasteiger partial charge < -0.3 is 15.6 Å². The summed E-state index contributed by atoms with van der Waals surface area (Å²) in [5, 5.41) is 8.62. The Balaban J connectivity index is 2.83. The standard InChI is InChI=1S/C12H15NO4/c1-7-5-8(3-4-11(7)17-2)10(14)6-9(13)12(15)16/h3-5,9H,6,13H2,1-2H3,(H,15,16)/t9-/m1/s1. The van der Waals surface area contributed by atoms with Crippen LogP contribution in [0.5, 0.6) is 5.75 Å². The maximum Gasteiger partial charge on any atom is 0.320 e. The van der Waals surface area contributed by atoms with Crippen molar-refractivity contribution < 1.29 is 19.4 Å². The molecule has 0 spiro atoms. The average Bonchev–Trinajstić information content (AvgIpc) is 2.28. The number of ether oxygens (including phenoxy) is 1. The summed E-state index contributed by atoms with van der Waals surface area (Å²) in [5.41, 5.74) is 6.57. The second-order valence-corrected chi connectivity index (χ2v) is 3.76. The van der Waals surface area contributed by atoms with Gasteiger partial charge in [-0.1, -0.05) is 0 Å². The van der Waals surface area contributed by atoms with Crippen LogP contribution in [0.4, 0.5) is 0 Å². The van der Waals surface area contributed by atoms with Crippen LogP contribution in [0.25, 0.3) is 0 Å². The second-order valence-electron chi connectivity index (χ2n) is 3.76. The van der Waals surface area contributed by atoms with Crippen molar-refractivity contribution in [1.82, 2.24) is 0 Å². The van der Waals surface area contributed by atoms with Crippen LogP contribution < -0.4 is 10.5 Å². The van der Waals surface area contributed by atoms with Crippen molar-refractivity contribution in [1.29, 1.82) is 0 Å².